The van der Waals surface area contributed by atoms with Gasteiger partial charge < -0.3 is 45.4 Å². The second-order valence-electron chi connectivity index (χ2n) is 9.41. The van der Waals surface area contributed by atoms with Gasteiger partial charge in [-0.25, -0.2) is 4.79 Å². The summed E-state index contributed by atoms with van der Waals surface area (Å²) in [4.78, 5) is 39.8. The van der Waals surface area contributed by atoms with E-state index in [1.807, 2.05) is 17.2 Å². The average Bonchev–Trinajstić information content (AvgIpc) is 3.55. The Labute approximate surface area is 241 Å². The van der Waals surface area contributed by atoms with Gasteiger partial charge in [-0.1, -0.05) is 0 Å². The summed E-state index contributed by atoms with van der Waals surface area (Å²) >= 11 is 11.8. The van der Waals surface area contributed by atoms with Crippen LogP contribution >= 0.6 is 23.2 Å². The van der Waals surface area contributed by atoms with Crippen molar-refractivity contribution in [1.29, 1.82) is 5.41 Å². The van der Waals surface area contributed by atoms with Crippen LogP contribution in [0.4, 0.5) is 22.1 Å². The van der Waals surface area contributed by atoms with Crippen LogP contribution in [0.1, 0.15) is 33.2 Å². The van der Waals surface area contributed by atoms with Crippen molar-refractivity contribution in [2.24, 2.45) is 26.9 Å². The summed E-state index contributed by atoms with van der Waals surface area (Å²) in [7, 11) is 5.13. The number of nitrogens with one attached hydrogen (secondary N) is 4. The molecule has 15 heteroatoms. The van der Waals surface area contributed by atoms with E-state index in [0.29, 0.717) is 42.0 Å². The lowest BCUT2D eigenvalue weighted by atomic mass is 9.89. The van der Waals surface area contributed by atoms with Gasteiger partial charge in [-0.2, -0.15) is 0 Å². The standard InChI is InChI=1S/C25H33Cl2N9O4/c1-25(23(28)29,32-24(39)40)18-14-33(2)13-17(18)22(38)31-19-9-15(11-34(19)3)21(37)30-20-10-16(12-35(20)4)36(7-5-26)8-6-27/h9-14,32H,5-8H2,1-4H3,(H3,28,29)(H,30,37)(H,31,38)(H,39,40). The van der Waals surface area contributed by atoms with Gasteiger partial charge in [0.05, 0.1) is 16.8 Å². The molecular formula is C25H33Cl2N9O4. The van der Waals surface area contributed by atoms with Crippen LogP contribution in [0.25, 0.3) is 0 Å². The lowest BCUT2D eigenvalue weighted by Crippen LogP contribution is -2.52. The average molecular weight is 595 g/mol. The van der Waals surface area contributed by atoms with Gasteiger partial charge in [-0.15, -0.1) is 23.2 Å². The fourth-order valence-corrected chi connectivity index (χ4v) is 4.67. The molecule has 216 valence electrons. The largest absolute Gasteiger partial charge is 0.465 e. The molecular weight excluding hydrogens is 561 g/mol. The number of rotatable bonds is 12. The fourth-order valence-electron chi connectivity index (χ4n) is 4.26. The van der Waals surface area contributed by atoms with E-state index in [-0.39, 0.29) is 17.0 Å². The van der Waals surface area contributed by atoms with Gasteiger partial charge in [0.1, 0.15) is 23.0 Å². The minimum atomic E-state index is -1.64. The summed E-state index contributed by atoms with van der Waals surface area (Å²) in [5, 5.41) is 25.1. The molecule has 0 aliphatic rings. The van der Waals surface area contributed by atoms with Crippen molar-refractivity contribution in [2.45, 2.75) is 12.5 Å². The Morgan fingerprint density at radius 1 is 0.975 bits per heavy atom. The number of carboxylic acid groups (broad SMARTS) is 1. The van der Waals surface area contributed by atoms with Crippen molar-refractivity contribution < 1.29 is 19.5 Å². The number of hydrogen-bond donors (Lipinski definition) is 6. The molecule has 3 amide bonds. The molecule has 3 rings (SSSR count). The third kappa shape index (κ3) is 6.54. The van der Waals surface area contributed by atoms with E-state index in [2.05, 4.69) is 16.0 Å². The molecule has 0 aliphatic heterocycles. The number of hydrogen-bond acceptors (Lipinski definition) is 5. The smallest absolute Gasteiger partial charge is 0.405 e. The van der Waals surface area contributed by atoms with Gasteiger partial charge in [-0.05, 0) is 13.0 Å². The highest BCUT2D eigenvalue weighted by molar-refractivity contribution is 6.18. The molecule has 3 aromatic heterocycles. The van der Waals surface area contributed by atoms with Crippen LogP contribution in [-0.2, 0) is 26.7 Å². The number of aromatic nitrogens is 3. The first-order chi connectivity index (χ1) is 18.8. The normalized spacial score (nSPS) is 12.4. The third-order valence-electron chi connectivity index (χ3n) is 6.45. The number of carbonyl (C=O) groups is 3. The maximum atomic E-state index is 13.3. The first-order valence-corrected chi connectivity index (χ1v) is 13.2. The Bertz CT molecular complexity index is 1420. The molecule has 13 nitrogen and oxygen atoms in total. The van der Waals surface area contributed by atoms with Crippen LogP contribution in [0.2, 0.25) is 0 Å². The maximum absolute atomic E-state index is 13.3. The maximum Gasteiger partial charge on any atom is 0.405 e. The number of nitrogens with two attached hydrogens (primary N) is 1. The van der Waals surface area contributed by atoms with Crippen LogP contribution in [0.15, 0.2) is 36.9 Å². The molecule has 7 N–H and O–H groups in total. The second-order valence-corrected chi connectivity index (χ2v) is 10.2. The van der Waals surface area contributed by atoms with Gasteiger partial charge in [0.2, 0.25) is 0 Å². The molecule has 0 saturated heterocycles. The predicted octanol–water partition coefficient (Wildman–Crippen LogP) is 2.91. The van der Waals surface area contributed by atoms with Crippen LogP contribution in [0.5, 0.6) is 0 Å². The molecule has 0 fully saturated rings. The monoisotopic (exact) mass is 593 g/mol. The topological polar surface area (TPSA) is 175 Å². The first kappa shape index (κ1) is 30.4. The summed E-state index contributed by atoms with van der Waals surface area (Å²) in [6.07, 6.45) is 5.06. The summed E-state index contributed by atoms with van der Waals surface area (Å²) in [6, 6.07) is 3.35. The van der Waals surface area contributed by atoms with Crippen molar-refractivity contribution >= 4 is 64.3 Å². The van der Waals surface area contributed by atoms with Crippen LogP contribution in [-0.4, -0.2) is 67.4 Å². The molecule has 1 atom stereocenters. The highest BCUT2D eigenvalue weighted by atomic mass is 35.5. The van der Waals surface area contributed by atoms with Crippen molar-refractivity contribution in [1.82, 2.24) is 19.0 Å². The quantitative estimate of drug-likeness (QED) is 0.107. The van der Waals surface area contributed by atoms with E-state index in [9.17, 15) is 19.5 Å². The minimum Gasteiger partial charge on any atom is -0.465 e. The van der Waals surface area contributed by atoms with Crippen molar-refractivity contribution in [3.8, 4) is 0 Å². The van der Waals surface area contributed by atoms with Crippen LogP contribution < -0.4 is 26.6 Å². The Morgan fingerprint density at radius 2 is 1.55 bits per heavy atom. The molecule has 0 aliphatic carbocycles. The Morgan fingerprint density at radius 3 is 2.12 bits per heavy atom. The van der Waals surface area contributed by atoms with Gasteiger partial charge in [0.15, 0.2) is 0 Å². The summed E-state index contributed by atoms with van der Waals surface area (Å²) in [5.74, 6) is 0.302. The molecule has 40 heavy (non-hydrogen) atoms. The van der Waals surface area contributed by atoms with Crippen molar-refractivity contribution in [3.63, 3.8) is 0 Å². The Balaban J connectivity index is 1.82. The number of alkyl halides is 2. The molecule has 0 spiro atoms. The number of aryl methyl sites for hydroxylation is 3. The number of amides is 3. The zero-order valence-electron chi connectivity index (χ0n) is 22.6. The predicted molar refractivity (Wildman–Crippen MR) is 156 cm³/mol. The molecule has 0 saturated carbocycles. The lowest BCUT2D eigenvalue weighted by Gasteiger charge is -2.28. The Hall–Kier alpha value is -4.10. The SMILES string of the molecule is Cn1cc(C(=O)Nc2cc(C(=O)Nc3cc(N(CCCl)CCCl)cn3C)cn2C)c(C(C)(NC(=O)O)C(=N)N)c1. The van der Waals surface area contributed by atoms with Gasteiger partial charge >= 0.3 is 6.09 Å². The lowest BCUT2D eigenvalue weighted by molar-refractivity contribution is 0.101. The molecule has 0 radical (unpaired) electrons. The molecule has 3 heterocycles. The zero-order chi connectivity index (χ0) is 29.8. The van der Waals surface area contributed by atoms with E-state index in [4.69, 9.17) is 34.3 Å². The summed E-state index contributed by atoms with van der Waals surface area (Å²) < 4.78 is 4.92. The number of amidine groups is 1. The van der Waals surface area contributed by atoms with Crippen molar-refractivity contribution in [3.05, 3.63) is 53.6 Å². The van der Waals surface area contributed by atoms with Gasteiger partial charge in [-0.3, -0.25) is 15.0 Å². The zero-order valence-corrected chi connectivity index (χ0v) is 24.1. The molecule has 3 aromatic rings. The molecule has 0 aromatic carbocycles. The van der Waals surface area contributed by atoms with E-state index < -0.39 is 23.4 Å². The van der Waals surface area contributed by atoms with E-state index >= 15 is 0 Å². The number of nitrogens with zero attached hydrogens (tertiary/aromatic N) is 4. The number of halogens is 2. The summed E-state index contributed by atoms with van der Waals surface area (Å²) in [6.45, 7) is 2.61. The van der Waals surface area contributed by atoms with E-state index in [0.717, 1.165) is 5.69 Å². The molecule has 0 bridgehead atoms. The first-order valence-electron chi connectivity index (χ1n) is 12.1. The number of anilines is 3. The minimum absolute atomic E-state index is 0.107. The fraction of sp³-hybridized carbons (Fsp3) is 0.360. The summed E-state index contributed by atoms with van der Waals surface area (Å²) in [5.41, 5.74) is 5.55. The Kier molecular flexibility index (Phi) is 9.43. The van der Waals surface area contributed by atoms with Crippen LogP contribution in [0.3, 0.4) is 0 Å². The van der Waals surface area contributed by atoms with Crippen molar-refractivity contribution in [2.75, 3.05) is 40.4 Å². The second kappa shape index (κ2) is 12.4. The van der Waals surface area contributed by atoms with Crippen LogP contribution in [0, 0.1) is 5.41 Å². The van der Waals surface area contributed by atoms with Gasteiger partial charge in [0.25, 0.3) is 11.8 Å². The number of carbonyl (C=O) groups excluding carboxylic acids is 2. The third-order valence-corrected chi connectivity index (χ3v) is 6.79. The van der Waals surface area contributed by atoms with Gasteiger partial charge in [0, 0.05) is 82.4 Å². The highest BCUT2D eigenvalue weighted by Gasteiger charge is 2.37. The molecule has 1 unspecified atom stereocenters. The highest BCUT2D eigenvalue weighted by Crippen LogP contribution is 2.27. The van der Waals surface area contributed by atoms with E-state index in [1.54, 1.807) is 41.0 Å². The van der Waals surface area contributed by atoms with E-state index in [1.165, 1.54) is 25.4 Å².